The molecule has 1 aliphatic heterocycles. The van der Waals surface area contributed by atoms with Gasteiger partial charge in [0.25, 0.3) is 0 Å². The summed E-state index contributed by atoms with van der Waals surface area (Å²) < 4.78 is 0. The number of nitrogens with two attached hydrogens (primary N) is 1. The molecule has 0 spiro atoms. The molecule has 3 atom stereocenters. The molecule has 3 N–H and O–H groups in total. The largest absolute Gasteiger partial charge is 0.351 e. The lowest BCUT2D eigenvalue weighted by molar-refractivity contribution is -0.124. The Bertz CT molecular complexity index is 205. The molecule has 2 unspecified atom stereocenters. The third kappa shape index (κ3) is 4.03. The fourth-order valence-corrected chi connectivity index (χ4v) is 2.74. The van der Waals surface area contributed by atoms with Crippen LogP contribution < -0.4 is 11.1 Å². The highest BCUT2D eigenvalue weighted by Gasteiger charge is 2.23. The standard InChI is InChI=1S/C11H22N2OS/c1-3-8(2)10(12)11(14)13-9-5-4-6-15-7-9/h8-10H,3-7,12H2,1-2H3,(H,13,14)/t8?,9?,10-/m0/s1. The van der Waals surface area contributed by atoms with E-state index in [1.807, 2.05) is 18.7 Å². The second kappa shape index (κ2) is 6.38. The van der Waals surface area contributed by atoms with E-state index in [0.717, 1.165) is 18.6 Å². The van der Waals surface area contributed by atoms with Crippen molar-refractivity contribution < 1.29 is 4.79 Å². The summed E-state index contributed by atoms with van der Waals surface area (Å²) in [6.45, 7) is 4.09. The van der Waals surface area contributed by atoms with Gasteiger partial charge >= 0.3 is 0 Å². The minimum absolute atomic E-state index is 0.0249. The molecular formula is C11H22N2OS. The van der Waals surface area contributed by atoms with Gasteiger partial charge in [0.1, 0.15) is 0 Å². The van der Waals surface area contributed by atoms with Gasteiger partial charge in [-0.15, -0.1) is 0 Å². The van der Waals surface area contributed by atoms with Crippen LogP contribution in [0.4, 0.5) is 0 Å². The summed E-state index contributed by atoms with van der Waals surface area (Å²) in [5.41, 5.74) is 5.87. The van der Waals surface area contributed by atoms with E-state index in [-0.39, 0.29) is 17.9 Å². The first kappa shape index (κ1) is 12.8. The van der Waals surface area contributed by atoms with Gasteiger partial charge in [-0.3, -0.25) is 4.79 Å². The van der Waals surface area contributed by atoms with Crippen LogP contribution in [0, 0.1) is 5.92 Å². The highest BCUT2D eigenvalue weighted by atomic mass is 32.2. The van der Waals surface area contributed by atoms with E-state index in [0.29, 0.717) is 6.04 Å². The highest BCUT2D eigenvalue weighted by molar-refractivity contribution is 7.99. The molecule has 15 heavy (non-hydrogen) atoms. The predicted octanol–water partition coefficient (Wildman–Crippen LogP) is 1.37. The molecule has 88 valence electrons. The molecule has 4 heteroatoms. The van der Waals surface area contributed by atoms with Gasteiger partial charge < -0.3 is 11.1 Å². The fourth-order valence-electron chi connectivity index (χ4n) is 1.66. The third-order valence-electron chi connectivity index (χ3n) is 3.07. The first-order valence-corrected chi connectivity index (χ1v) is 6.94. The van der Waals surface area contributed by atoms with Crippen LogP contribution >= 0.6 is 11.8 Å². The van der Waals surface area contributed by atoms with Crippen molar-refractivity contribution in [2.75, 3.05) is 11.5 Å². The third-order valence-corrected chi connectivity index (χ3v) is 4.28. The molecule has 0 saturated carbocycles. The van der Waals surface area contributed by atoms with E-state index in [1.54, 1.807) is 0 Å². The van der Waals surface area contributed by atoms with Crippen LogP contribution in [-0.4, -0.2) is 29.5 Å². The molecule has 0 aromatic carbocycles. The second-order valence-corrected chi connectivity index (χ2v) is 5.48. The van der Waals surface area contributed by atoms with Crippen molar-refractivity contribution in [3.8, 4) is 0 Å². The Labute approximate surface area is 96.6 Å². The molecule has 0 aromatic heterocycles. The van der Waals surface area contributed by atoms with Crippen molar-refractivity contribution in [2.24, 2.45) is 11.7 Å². The zero-order valence-corrected chi connectivity index (χ0v) is 10.5. The van der Waals surface area contributed by atoms with E-state index in [9.17, 15) is 4.79 Å². The van der Waals surface area contributed by atoms with Gasteiger partial charge in [0, 0.05) is 11.8 Å². The molecule has 0 radical (unpaired) electrons. The maximum atomic E-state index is 11.8. The summed E-state index contributed by atoms with van der Waals surface area (Å²) >= 11 is 1.92. The Balaban J connectivity index is 2.33. The van der Waals surface area contributed by atoms with Crippen LogP contribution in [-0.2, 0) is 4.79 Å². The van der Waals surface area contributed by atoms with Crippen LogP contribution in [0.1, 0.15) is 33.1 Å². The summed E-state index contributed by atoms with van der Waals surface area (Å²) in [6.07, 6.45) is 3.26. The smallest absolute Gasteiger partial charge is 0.237 e. The van der Waals surface area contributed by atoms with Crippen molar-refractivity contribution in [1.82, 2.24) is 5.32 Å². The Kier molecular flexibility index (Phi) is 5.47. The number of carbonyl (C=O) groups excluding carboxylic acids is 1. The van der Waals surface area contributed by atoms with Gasteiger partial charge in [-0.2, -0.15) is 11.8 Å². The maximum Gasteiger partial charge on any atom is 0.237 e. The van der Waals surface area contributed by atoms with Crippen molar-refractivity contribution >= 4 is 17.7 Å². The van der Waals surface area contributed by atoms with Gasteiger partial charge in [0.2, 0.25) is 5.91 Å². The molecular weight excluding hydrogens is 208 g/mol. The molecule has 0 bridgehead atoms. The van der Waals surface area contributed by atoms with Crippen LogP contribution in [0.2, 0.25) is 0 Å². The normalized spacial score (nSPS) is 25.7. The Morgan fingerprint density at radius 1 is 1.67 bits per heavy atom. The summed E-state index contributed by atoms with van der Waals surface area (Å²) in [5, 5.41) is 3.05. The average molecular weight is 230 g/mol. The minimum Gasteiger partial charge on any atom is -0.351 e. The zero-order chi connectivity index (χ0) is 11.3. The molecule has 1 amide bonds. The number of hydrogen-bond donors (Lipinski definition) is 2. The quantitative estimate of drug-likeness (QED) is 0.767. The van der Waals surface area contributed by atoms with Crippen LogP contribution in [0.25, 0.3) is 0 Å². The average Bonchev–Trinajstić information content (AvgIpc) is 2.28. The molecule has 1 rings (SSSR count). The van der Waals surface area contributed by atoms with Gasteiger partial charge in [0.05, 0.1) is 6.04 Å². The molecule has 3 nitrogen and oxygen atoms in total. The number of nitrogens with one attached hydrogen (secondary N) is 1. The van der Waals surface area contributed by atoms with Gasteiger partial charge in [-0.05, 0) is 24.5 Å². The first-order chi connectivity index (χ1) is 7.15. The van der Waals surface area contributed by atoms with Gasteiger partial charge in [0.15, 0.2) is 0 Å². The number of hydrogen-bond acceptors (Lipinski definition) is 3. The maximum absolute atomic E-state index is 11.8. The Morgan fingerprint density at radius 3 is 2.93 bits per heavy atom. The first-order valence-electron chi connectivity index (χ1n) is 5.78. The van der Waals surface area contributed by atoms with Crippen molar-refractivity contribution in [2.45, 2.75) is 45.2 Å². The monoisotopic (exact) mass is 230 g/mol. The van der Waals surface area contributed by atoms with Gasteiger partial charge in [-0.1, -0.05) is 20.3 Å². The summed E-state index contributed by atoms with van der Waals surface area (Å²) in [5.74, 6) is 2.56. The SMILES string of the molecule is CCC(C)[C@H](N)C(=O)NC1CCCSC1. The molecule has 1 aliphatic rings. The number of thioether (sulfide) groups is 1. The minimum atomic E-state index is -0.345. The summed E-state index contributed by atoms with van der Waals surface area (Å²) in [4.78, 5) is 11.8. The van der Waals surface area contributed by atoms with Crippen molar-refractivity contribution in [3.63, 3.8) is 0 Å². The topological polar surface area (TPSA) is 55.1 Å². The summed E-state index contributed by atoms with van der Waals surface area (Å²) in [6, 6.07) is -0.00622. The van der Waals surface area contributed by atoms with Crippen LogP contribution in [0.3, 0.4) is 0 Å². The lowest BCUT2D eigenvalue weighted by atomic mass is 9.99. The second-order valence-electron chi connectivity index (χ2n) is 4.33. The Morgan fingerprint density at radius 2 is 2.40 bits per heavy atom. The van der Waals surface area contributed by atoms with Crippen molar-refractivity contribution in [1.29, 1.82) is 0 Å². The lowest BCUT2D eigenvalue weighted by Crippen LogP contribution is -2.49. The van der Waals surface area contributed by atoms with Crippen LogP contribution in [0.15, 0.2) is 0 Å². The number of amides is 1. The molecule has 1 saturated heterocycles. The Hall–Kier alpha value is -0.220. The van der Waals surface area contributed by atoms with E-state index in [4.69, 9.17) is 5.73 Å². The number of rotatable bonds is 4. The molecule has 1 fully saturated rings. The van der Waals surface area contributed by atoms with E-state index in [2.05, 4.69) is 12.2 Å². The fraction of sp³-hybridized carbons (Fsp3) is 0.909. The highest BCUT2D eigenvalue weighted by Crippen LogP contribution is 2.17. The van der Waals surface area contributed by atoms with Gasteiger partial charge in [-0.25, -0.2) is 0 Å². The molecule has 0 aromatic rings. The predicted molar refractivity (Wildman–Crippen MR) is 65.9 cm³/mol. The van der Waals surface area contributed by atoms with Crippen molar-refractivity contribution in [3.05, 3.63) is 0 Å². The summed E-state index contributed by atoms with van der Waals surface area (Å²) in [7, 11) is 0. The van der Waals surface area contributed by atoms with E-state index >= 15 is 0 Å². The number of carbonyl (C=O) groups is 1. The van der Waals surface area contributed by atoms with E-state index < -0.39 is 0 Å². The molecule has 1 heterocycles. The molecule has 0 aliphatic carbocycles. The zero-order valence-electron chi connectivity index (χ0n) is 9.66. The van der Waals surface area contributed by atoms with Crippen LogP contribution in [0.5, 0.6) is 0 Å². The lowest BCUT2D eigenvalue weighted by Gasteiger charge is -2.25. The van der Waals surface area contributed by atoms with E-state index in [1.165, 1.54) is 12.2 Å².